The van der Waals surface area contributed by atoms with Gasteiger partial charge in [-0.15, -0.1) is 10.2 Å². The number of halogens is 2. The Balaban J connectivity index is 1.74. The molecule has 7 heteroatoms. The van der Waals surface area contributed by atoms with Crippen molar-refractivity contribution in [2.24, 2.45) is 0 Å². The van der Waals surface area contributed by atoms with E-state index in [4.69, 9.17) is 11.6 Å². The summed E-state index contributed by atoms with van der Waals surface area (Å²) < 4.78 is 16.1. The highest BCUT2D eigenvalue weighted by Crippen LogP contribution is 2.31. The summed E-state index contributed by atoms with van der Waals surface area (Å²) in [6, 6.07) is 18.3. The molecule has 0 fully saturated rings. The highest BCUT2D eigenvalue weighted by Gasteiger charge is 2.17. The van der Waals surface area contributed by atoms with Crippen molar-refractivity contribution in [3.63, 3.8) is 0 Å². The predicted octanol–water partition coefficient (Wildman–Crippen LogP) is 5.41. The van der Waals surface area contributed by atoms with Crippen LogP contribution in [0.1, 0.15) is 5.56 Å². The topological polar surface area (TPSA) is 43.6 Å². The van der Waals surface area contributed by atoms with Crippen LogP contribution >= 0.6 is 23.4 Å². The van der Waals surface area contributed by atoms with Crippen LogP contribution in [0.4, 0.5) is 4.39 Å². The molecule has 134 valence electrons. The van der Waals surface area contributed by atoms with Crippen LogP contribution in [0.5, 0.6) is 0 Å². The van der Waals surface area contributed by atoms with Crippen molar-refractivity contribution in [1.82, 2.24) is 19.7 Å². The average molecular weight is 397 g/mol. The molecule has 2 heterocycles. The van der Waals surface area contributed by atoms with E-state index in [1.165, 1.54) is 17.8 Å². The second-order valence-corrected chi connectivity index (χ2v) is 7.05. The molecule has 0 aliphatic rings. The summed E-state index contributed by atoms with van der Waals surface area (Å²) in [6.07, 6.45) is 3.43. The third-order valence-corrected chi connectivity index (χ3v) is 5.30. The Kier molecular flexibility index (Phi) is 5.18. The van der Waals surface area contributed by atoms with Crippen LogP contribution in [0.15, 0.2) is 78.2 Å². The minimum Gasteiger partial charge on any atom is -0.270 e. The Labute approximate surface area is 165 Å². The van der Waals surface area contributed by atoms with E-state index in [1.807, 2.05) is 47.0 Å². The Morgan fingerprint density at radius 2 is 1.70 bits per heavy atom. The second-order valence-electron chi connectivity index (χ2n) is 5.70. The number of nitrogens with zero attached hydrogens (tertiary/aromatic N) is 4. The van der Waals surface area contributed by atoms with Crippen LogP contribution in [0.25, 0.3) is 17.1 Å². The normalized spacial score (nSPS) is 10.9. The summed E-state index contributed by atoms with van der Waals surface area (Å²) in [5, 5.41) is 9.76. The number of benzene rings is 2. The Hall–Kier alpha value is -2.70. The number of aromatic nitrogens is 4. The zero-order valence-electron chi connectivity index (χ0n) is 14.1. The van der Waals surface area contributed by atoms with Gasteiger partial charge in [0.25, 0.3) is 0 Å². The standard InChI is InChI=1S/C20H14ClFN4S/c21-17-7-4-8-18(22)16(17)13-27-20-25-24-19(14-9-11-23-12-10-14)26(20)15-5-2-1-3-6-15/h1-12H,13H2. The minimum atomic E-state index is -0.324. The van der Waals surface area contributed by atoms with Gasteiger partial charge in [0.1, 0.15) is 5.82 Å². The van der Waals surface area contributed by atoms with Crippen molar-refractivity contribution in [2.75, 3.05) is 0 Å². The van der Waals surface area contributed by atoms with Crippen molar-refractivity contribution in [1.29, 1.82) is 0 Å². The first kappa shape index (κ1) is 17.7. The van der Waals surface area contributed by atoms with Gasteiger partial charge in [0.2, 0.25) is 0 Å². The third-order valence-electron chi connectivity index (χ3n) is 3.99. The molecule has 4 aromatic rings. The lowest BCUT2D eigenvalue weighted by Gasteiger charge is -2.11. The van der Waals surface area contributed by atoms with E-state index in [1.54, 1.807) is 24.5 Å². The summed E-state index contributed by atoms with van der Waals surface area (Å²) in [7, 11) is 0. The lowest BCUT2D eigenvalue weighted by molar-refractivity contribution is 0.617. The SMILES string of the molecule is Fc1cccc(Cl)c1CSc1nnc(-c2ccncc2)n1-c1ccccc1. The van der Waals surface area contributed by atoms with Crippen LogP contribution in [0.3, 0.4) is 0 Å². The van der Waals surface area contributed by atoms with Crippen LogP contribution in [-0.2, 0) is 5.75 Å². The van der Waals surface area contributed by atoms with Gasteiger partial charge >= 0.3 is 0 Å². The number of hydrogen-bond acceptors (Lipinski definition) is 4. The zero-order valence-corrected chi connectivity index (χ0v) is 15.7. The maximum Gasteiger partial charge on any atom is 0.196 e. The maximum absolute atomic E-state index is 14.1. The summed E-state index contributed by atoms with van der Waals surface area (Å²) >= 11 is 7.54. The molecule has 0 aliphatic carbocycles. The van der Waals surface area contributed by atoms with E-state index in [0.29, 0.717) is 27.3 Å². The van der Waals surface area contributed by atoms with E-state index >= 15 is 0 Å². The lowest BCUT2D eigenvalue weighted by Crippen LogP contribution is -2.00. The first-order valence-electron chi connectivity index (χ1n) is 8.21. The summed E-state index contributed by atoms with van der Waals surface area (Å²) in [6.45, 7) is 0. The van der Waals surface area contributed by atoms with Crippen molar-refractivity contribution < 1.29 is 4.39 Å². The molecule has 0 saturated carbocycles. The van der Waals surface area contributed by atoms with Crippen molar-refractivity contribution in [3.05, 3.63) is 89.5 Å². The third kappa shape index (κ3) is 3.72. The number of rotatable bonds is 5. The fourth-order valence-corrected chi connectivity index (χ4v) is 3.96. The number of pyridine rings is 1. The monoisotopic (exact) mass is 396 g/mol. The molecule has 0 bridgehead atoms. The molecular formula is C20H14ClFN4S. The van der Waals surface area contributed by atoms with Gasteiger partial charge in [0.15, 0.2) is 11.0 Å². The van der Waals surface area contributed by atoms with Crippen LogP contribution in [-0.4, -0.2) is 19.7 Å². The summed E-state index contributed by atoms with van der Waals surface area (Å²) in [5.41, 5.74) is 2.28. The molecule has 0 atom stereocenters. The van der Waals surface area contributed by atoms with Crippen LogP contribution in [0.2, 0.25) is 5.02 Å². The Morgan fingerprint density at radius 3 is 2.44 bits per heavy atom. The van der Waals surface area contributed by atoms with Gasteiger partial charge in [-0.2, -0.15) is 0 Å². The molecule has 0 aliphatic heterocycles. The van der Waals surface area contributed by atoms with Crippen LogP contribution in [0, 0.1) is 5.82 Å². The van der Waals surface area contributed by atoms with Gasteiger partial charge in [-0.25, -0.2) is 4.39 Å². The second kappa shape index (κ2) is 7.90. The lowest BCUT2D eigenvalue weighted by atomic mass is 10.2. The van der Waals surface area contributed by atoms with Gasteiger partial charge in [-0.1, -0.05) is 47.6 Å². The summed E-state index contributed by atoms with van der Waals surface area (Å²) in [5.74, 6) is 0.730. The van der Waals surface area contributed by atoms with Gasteiger partial charge in [0, 0.05) is 40.0 Å². The number of para-hydroxylation sites is 1. The van der Waals surface area contributed by atoms with Crippen molar-refractivity contribution >= 4 is 23.4 Å². The number of hydrogen-bond donors (Lipinski definition) is 0. The first-order chi connectivity index (χ1) is 13.2. The van der Waals surface area contributed by atoms with Gasteiger partial charge in [-0.3, -0.25) is 9.55 Å². The average Bonchev–Trinajstić information content (AvgIpc) is 3.13. The van der Waals surface area contributed by atoms with Crippen molar-refractivity contribution in [2.45, 2.75) is 10.9 Å². The highest BCUT2D eigenvalue weighted by molar-refractivity contribution is 7.98. The molecule has 4 nitrogen and oxygen atoms in total. The first-order valence-corrected chi connectivity index (χ1v) is 9.57. The maximum atomic E-state index is 14.1. The molecule has 0 saturated heterocycles. The molecule has 0 spiro atoms. The molecule has 2 aromatic heterocycles. The Morgan fingerprint density at radius 1 is 0.926 bits per heavy atom. The van der Waals surface area contributed by atoms with Crippen LogP contribution < -0.4 is 0 Å². The van der Waals surface area contributed by atoms with E-state index in [9.17, 15) is 4.39 Å². The summed E-state index contributed by atoms with van der Waals surface area (Å²) in [4.78, 5) is 4.06. The molecule has 2 aromatic carbocycles. The fraction of sp³-hybridized carbons (Fsp3) is 0.0500. The van der Waals surface area contributed by atoms with E-state index < -0.39 is 0 Å². The predicted molar refractivity (Wildman–Crippen MR) is 106 cm³/mol. The molecule has 0 amide bonds. The molecule has 0 radical (unpaired) electrons. The molecular weight excluding hydrogens is 383 g/mol. The molecule has 27 heavy (non-hydrogen) atoms. The minimum absolute atomic E-state index is 0.324. The molecule has 0 unspecified atom stereocenters. The molecule has 4 rings (SSSR count). The Bertz CT molecular complexity index is 1030. The smallest absolute Gasteiger partial charge is 0.196 e. The molecule has 0 N–H and O–H groups in total. The fourth-order valence-electron chi connectivity index (χ4n) is 2.67. The van der Waals surface area contributed by atoms with Crippen molar-refractivity contribution in [3.8, 4) is 17.1 Å². The van der Waals surface area contributed by atoms with Gasteiger partial charge in [0.05, 0.1) is 0 Å². The van der Waals surface area contributed by atoms with Gasteiger partial charge < -0.3 is 0 Å². The van der Waals surface area contributed by atoms with Gasteiger partial charge in [-0.05, 0) is 36.4 Å². The van der Waals surface area contributed by atoms with E-state index in [2.05, 4.69) is 15.2 Å². The van der Waals surface area contributed by atoms with E-state index in [-0.39, 0.29) is 5.82 Å². The zero-order chi connectivity index (χ0) is 18.6. The number of thioether (sulfide) groups is 1. The quantitative estimate of drug-likeness (QED) is 0.423. The van der Waals surface area contributed by atoms with E-state index in [0.717, 1.165) is 11.3 Å². The largest absolute Gasteiger partial charge is 0.270 e. The highest BCUT2D eigenvalue weighted by atomic mass is 35.5.